The molecule has 0 aromatic carbocycles. The lowest BCUT2D eigenvalue weighted by molar-refractivity contribution is 0.0288. The number of ether oxygens (including phenoxy) is 1. The van der Waals surface area contributed by atoms with Gasteiger partial charge in [-0.2, -0.15) is 0 Å². The number of rotatable bonds is 8. The lowest BCUT2D eigenvalue weighted by Crippen LogP contribution is -2.30. The maximum absolute atomic E-state index is 9.49. The zero-order valence-corrected chi connectivity index (χ0v) is 9.11. The first-order chi connectivity index (χ1) is 7.33. The monoisotopic (exact) mass is 213 g/mol. The molecule has 1 atom stereocenters. The Labute approximate surface area is 90.2 Å². The van der Waals surface area contributed by atoms with E-state index in [1.54, 1.807) is 12.5 Å². The minimum Gasteiger partial charge on any atom is -0.472 e. The fourth-order valence-corrected chi connectivity index (χ4v) is 1.19. The van der Waals surface area contributed by atoms with Gasteiger partial charge in [0, 0.05) is 12.1 Å². The summed E-state index contributed by atoms with van der Waals surface area (Å²) < 4.78 is 10.2. The van der Waals surface area contributed by atoms with Crippen LogP contribution in [0, 0.1) is 0 Å². The summed E-state index contributed by atoms with van der Waals surface area (Å²) in [6.07, 6.45) is 3.88. The van der Waals surface area contributed by atoms with Crippen LogP contribution in [-0.4, -0.2) is 30.9 Å². The standard InChI is InChI=1S/C11H19NO3/c1-2-4-12-6-11(13)9-15-8-10-3-5-14-7-10/h3,5,7,11-13H,2,4,6,8-9H2,1H3. The maximum Gasteiger partial charge on any atom is 0.0957 e. The third-order valence-electron chi connectivity index (χ3n) is 1.97. The fraction of sp³-hybridized carbons (Fsp3) is 0.636. The Morgan fingerprint density at radius 1 is 1.60 bits per heavy atom. The van der Waals surface area contributed by atoms with Gasteiger partial charge in [0.15, 0.2) is 0 Å². The van der Waals surface area contributed by atoms with Gasteiger partial charge in [-0.05, 0) is 19.0 Å². The Balaban J connectivity index is 1.99. The average Bonchev–Trinajstić information content (AvgIpc) is 2.71. The molecule has 4 heteroatoms. The number of nitrogens with one attached hydrogen (secondary N) is 1. The summed E-state index contributed by atoms with van der Waals surface area (Å²) in [6, 6.07) is 1.85. The van der Waals surface area contributed by atoms with Crippen molar-refractivity contribution >= 4 is 0 Å². The summed E-state index contributed by atoms with van der Waals surface area (Å²) in [6.45, 7) is 4.44. The van der Waals surface area contributed by atoms with Crippen molar-refractivity contribution in [1.82, 2.24) is 5.32 Å². The molecule has 0 aliphatic rings. The van der Waals surface area contributed by atoms with Crippen LogP contribution in [0.25, 0.3) is 0 Å². The molecule has 1 unspecified atom stereocenters. The van der Waals surface area contributed by atoms with Crippen LogP contribution in [0.5, 0.6) is 0 Å². The van der Waals surface area contributed by atoms with Gasteiger partial charge in [0.25, 0.3) is 0 Å². The third-order valence-corrected chi connectivity index (χ3v) is 1.97. The number of furan rings is 1. The molecular weight excluding hydrogens is 194 g/mol. The Hall–Kier alpha value is -0.840. The van der Waals surface area contributed by atoms with Gasteiger partial charge in [0.2, 0.25) is 0 Å². The molecule has 0 aliphatic heterocycles. The second-order valence-electron chi connectivity index (χ2n) is 3.50. The molecule has 1 aromatic rings. The van der Waals surface area contributed by atoms with Gasteiger partial charge in [0.1, 0.15) is 0 Å². The molecule has 4 nitrogen and oxygen atoms in total. The zero-order chi connectivity index (χ0) is 10.9. The lowest BCUT2D eigenvalue weighted by Gasteiger charge is -2.11. The largest absolute Gasteiger partial charge is 0.472 e. The van der Waals surface area contributed by atoms with E-state index in [1.807, 2.05) is 6.07 Å². The van der Waals surface area contributed by atoms with Crippen molar-refractivity contribution < 1.29 is 14.3 Å². The topological polar surface area (TPSA) is 54.6 Å². The van der Waals surface area contributed by atoms with Crippen molar-refractivity contribution in [3.8, 4) is 0 Å². The van der Waals surface area contributed by atoms with Gasteiger partial charge in [-0.15, -0.1) is 0 Å². The van der Waals surface area contributed by atoms with E-state index >= 15 is 0 Å². The number of aliphatic hydroxyl groups excluding tert-OH is 1. The molecule has 0 bridgehead atoms. The normalized spacial score (nSPS) is 12.9. The van der Waals surface area contributed by atoms with E-state index in [-0.39, 0.29) is 0 Å². The van der Waals surface area contributed by atoms with Crippen LogP contribution in [-0.2, 0) is 11.3 Å². The van der Waals surface area contributed by atoms with E-state index < -0.39 is 6.10 Å². The molecule has 0 spiro atoms. The highest BCUT2D eigenvalue weighted by atomic mass is 16.5. The molecule has 0 amide bonds. The van der Waals surface area contributed by atoms with E-state index in [4.69, 9.17) is 9.15 Å². The fourth-order valence-electron chi connectivity index (χ4n) is 1.19. The highest BCUT2D eigenvalue weighted by Gasteiger charge is 2.03. The summed E-state index contributed by atoms with van der Waals surface area (Å²) in [4.78, 5) is 0. The molecule has 0 aliphatic carbocycles. The van der Waals surface area contributed by atoms with Crippen molar-refractivity contribution in [2.45, 2.75) is 26.1 Å². The summed E-state index contributed by atoms with van der Waals surface area (Å²) in [7, 11) is 0. The SMILES string of the molecule is CCCNCC(O)COCc1ccoc1. The van der Waals surface area contributed by atoms with E-state index in [1.165, 1.54) is 0 Å². The summed E-state index contributed by atoms with van der Waals surface area (Å²) in [5.74, 6) is 0. The number of aliphatic hydroxyl groups is 1. The molecule has 1 rings (SSSR count). The van der Waals surface area contributed by atoms with Gasteiger partial charge >= 0.3 is 0 Å². The van der Waals surface area contributed by atoms with Crippen LogP contribution in [0.1, 0.15) is 18.9 Å². The zero-order valence-electron chi connectivity index (χ0n) is 9.11. The van der Waals surface area contributed by atoms with Gasteiger partial charge in [-0.3, -0.25) is 0 Å². The molecule has 2 N–H and O–H groups in total. The second kappa shape index (κ2) is 7.45. The first-order valence-electron chi connectivity index (χ1n) is 5.30. The van der Waals surface area contributed by atoms with Crippen LogP contribution >= 0.6 is 0 Å². The Kier molecular flexibility index (Phi) is 6.08. The van der Waals surface area contributed by atoms with Crippen LogP contribution in [0.15, 0.2) is 23.0 Å². The highest BCUT2D eigenvalue weighted by molar-refractivity contribution is 5.02. The molecule has 1 aromatic heterocycles. The van der Waals surface area contributed by atoms with Gasteiger partial charge in [-0.1, -0.05) is 6.92 Å². The van der Waals surface area contributed by atoms with Gasteiger partial charge in [0.05, 0.1) is 31.8 Å². The van der Waals surface area contributed by atoms with Crippen LogP contribution in [0.3, 0.4) is 0 Å². The summed E-state index contributed by atoms with van der Waals surface area (Å²) >= 11 is 0. The molecule has 0 fully saturated rings. The molecule has 0 radical (unpaired) electrons. The lowest BCUT2D eigenvalue weighted by atomic mass is 10.3. The third kappa shape index (κ3) is 5.57. The van der Waals surface area contributed by atoms with Gasteiger partial charge < -0.3 is 19.6 Å². The van der Waals surface area contributed by atoms with Gasteiger partial charge in [-0.25, -0.2) is 0 Å². The summed E-state index contributed by atoms with van der Waals surface area (Å²) in [5, 5.41) is 12.6. The summed E-state index contributed by atoms with van der Waals surface area (Å²) in [5.41, 5.74) is 0.990. The second-order valence-corrected chi connectivity index (χ2v) is 3.50. The predicted octanol–water partition coefficient (Wildman–Crippen LogP) is 1.16. The number of hydrogen-bond acceptors (Lipinski definition) is 4. The Bertz CT molecular complexity index is 236. The molecule has 0 saturated carbocycles. The molecular formula is C11H19NO3. The Morgan fingerprint density at radius 2 is 2.47 bits per heavy atom. The predicted molar refractivity (Wildman–Crippen MR) is 57.5 cm³/mol. The van der Waals surface area contributed by atoms with E-state index in [9.17, 15) is 5.11 Å². The van der Waals surface area contributed by atoms with Crippen LogP contribution in [0.4, 0.5) is 0 Å². The van der Waals surface area contributed by atoms with E-state index in [0.717, 1.165) is 18.5 Å². The van der Waals surface area contributed by atoms with Crippen molar-refractivity contribution in [2.75, 3.05) is 19.7 Å². The molecule has 15 heavy (non-hydrogen) atoms. The number of hydrogen-bond donors (Lipinski definition) is 2. The first kappa shape index (κ1) is 12.2. The van der Waals surface area contributed by atoms with Crippen LogP contribution < -0.4 is 5.32 Å². The van der Waals surface area contributed by atoms with Crippen LogP contribution in [0.2, 0.25) is 0 Å². The first-order valence-corrected chi connectivity index (χ1v) is 5.30. The van der Waals surface area contributed by atoms with E-state index in [2.05, 4.69) is 12.2 Å². The molecule has 1 heterocycles. The van der Waals surface area contributed by atoms with Crippen molar-refractivity contribution in [3.63, 3.8) is 0 Å². The van der Waals surface area contributed by atoms with E-state index in [0.29, 0.717) is 19.8 Å². The van der Waals surface area contributed by atoms with Crippen molar-refractivity contribution in [1.29, 1.82) is 0 Å². The average molecular weight is 213 g/mol. The van der Waals surface area contributed by atoms with Crippen molar-refractivity contribution in [2.24, 2.45) is 0 Å². The molecule has 86 valence electrons. The minimum atomic E-state index is -0.441. The highest BCUT2D eigenvalue weighted by Crippen LogP contribution is 2.01. The maximum atomic E-state index is 9.49. The Morgan fingerprint density at radius 3 is 3.13 bits per heavy atom. The molecule has 0 saturated heterocycles. The minimum absolute atomic E-state index is 0.349. The van der Waals surface area contributed by atoms with Crippen molar-refractivity contribution in [3.05, 3.63) is 24.2 Å². The quantitative estimate of drug-likeness (QED) is 0.636. The smallest absolute Gasteiger partial charge is 0.0957 e.